The van der Waals surface area contributed by atoms with Gasteiger partial charge in [0.25, 0.3) is 0 Å². The first kappa shape index (κ1) is 29.7. The number of hydrogen-bond acceptors (Lipinski definition) is 8. The van der Waals surface area contributed by atoms with E-state index in [1.807, 2.05) is 34.6 Å². The number of esters is 1. The van der Waals surface area contributed by atoms with Crippen LogP contribution in [0.25, 0.3) is 5.76 Å². The van der Waals surface area contributed by atoms with Crippen LogP contribution in [0.2, 0.25) is 0 Å². The van der Waals surface area contributed by atoms with E-state index in [4.69, 9.17) is 4.74 Å². The van der Waals surface area contributed by atoms with Crippen molar-refractivity contribution in [3.8, 4) is 5.75 Å². The lowest BCUT2D eigenvalue weighted by molar-refractivity contribution is -0.171. The molecular formula is C32H40O8. The number of ketones is 3. The fraction of sp³-hybridized carbons (Fsp3) is 0.562. The molecule has 40 heavy (non-hydrogen) atoms. The predicted molar refractivity (Wildman–Crippen MR) is 149 cm³/mol. The maximum Gasteiger partial charge on any atom is 0.310 e. The van der Waals surface area contributed by atoms with Crippen molar-refractivity contribution >= 4 is 29.1 Å². The lowest BCUT2D eigenvalue weighted by Gasteiger charge is -2.56. The zero-order valence-electron chi connectivity index (χ0n) is 24.7. The third-order valence-electron chi connectivity index (χ3n) is 8.90. The fourth-order valence-electron chi connectivity index (χ4n) is 7.29. The van der Waals surface area contributed by atoms with Crippen molar-refractivity contribution in [1.29, 1.82) is 0 Å². The molecule has 0 radical (unpaired) electrons. The number of fused-ring (bicyclic) bond motifs is 3. The molecule has 3 atom stereocenters. The zero-order chi connectivity index (χ0) is 30.1. The minimum absolute atomic E-state index is 0.0349. The van der Waals surface area contributed by atoms with Crippen LogP contribution in [0.1, 0.15) is 96.4 Å². The van der Waals surface area contributed by atoms with Gasteiger partial charge < -0.3 is 20.1 Å². The molecule has 1 saturated carbocycles. The lowest BCUT2D eigenvalue weighted by Crippen LogP contribution is -2.67. The van der Waals surface area contributed by atoms with Crippen LogP contribution in [-0.2, 0) is 36.8 Å². The molecular weight excluding hydrogens is 512 g/mol. The van der Waals surface area contributed by atoms with Gasteiger partial charge in [0.05, 0.1) is 24.2 Å². The minimum atomic E-state index is -2.54. The maximum atomic E-state index is 14.2. The second-order valence-electron chi connectivity index (χ2n) is 13.2. The Bertz CT molecular complexity index is 1410. The van der Waals surface area contributed by atoms with E-state index in [0.717, 1.165) is 5.56 Å². The van der Waals surface area contributed by atoms with Crippen LogP contribution in [0, 0.1) is 16.7 Å². The van der Waals surface area contributed by atoms with E-state index in [1.54, 1.807) is 19.9 Å². The Morgan fingerprint density at radius 2 is 1.68 bits per heavy atom. The third kappa shape index (κ3) is 4.23. The smallest absolute Gasteiger partial charge is 0.310 e. The van der Waals surface area contributed by atoms with Crippen LogP contribution in [0.15, 0.2) is 22.8 Å². The largest absolute Gasteiger partial charge is 0.507 e. The van der Waals surface area contributed by atoms with Crippen LogP contribution in [-0.4, -0.2) is 50.8 Å². The number of phenols is 1. The average molecular weight is 553 g/mol. The molecule has 0 amide bonds. The molecule has 8 heteroatoms. The number of Topliss-reactive ketones (excluding diaryl/α,β-unsaturated/α-hetero) is 3. The van der Waals surface area contributed by atoms with Gasteiger partial charge in [-0.2, -0.15) is 0 Å². The standard InChI is InChI=1S/C32H40O8/c1-15(2)13-40-22(34)10-19-9-20(16(3)4)21-12-30(7)14-31(8)11-17(5)23(18(6)33)28(37)32(31,39)29(38)25(30)27(36)24(21)26(19)35/h9,15-16,35-36,39H,10-14H2,1-8H3. The van der Waals surface area contributed by atoms with Gasteiger partial charge in [-0.25, -0.2) is 0 Å². The van der Waals surface area contributed by atoms with E-state index in [0.29, 0.717) is 11.1 Å². The molecule has 4 rings (SSSR count). The lowest BCUT2D eigenvalue weighted by atomic mass is 9.46. The Kier molecular flexibility index (Phi) is 7.19. The SMILES string of the molecule is CC(=O)C1=C(C)CC2(C)CC3(C)Cc4c(C(C)C)cc(CC(=O)OCC(C)C)c(O)c4C(O)=C3C(=O)C2(O)C1=O. The Morgan fingerprint density at radius 3 is 2.23 bits per heavy atom. The normalized spacial score (nSPS) is 28.1. The summed E-state index contributed by atoms with van der Waals surface area (Å²) in [5, 5.41) is 34.9. The quantitative estimate of drug-likeness (QED) is 0.263. The number of aromatic hydroxyl groups is 1. The van der Waals surface area contributed by atoms with E-state index in [1.165, 1.54) is 6.92 Å². The van der Waals surface area contributed by atoms with Crippen molar-refractivity contribution in [1.82, 2.24) is 0 Å². The number of phenolic OH excluding ortho intramolecular Hbond substituents is 1. The summed E-state index contributed by atoms with van der Waals surface area (Å²) in [6.45, 7) is 14.4. The van der Waals surface area contributed by atoms with Gasteiger partial charge in [-0.15, -0.1) is 0 Å². The molecule has 1 fully saturated rings. The molecule has 3 aliphatic carbocycles. The third-order valence-corrected chi connectivity index (χ3v) is 8.90. The van der Waals surface area contributed by atoms with Crippen LogP contribution < -0.4 is 0 Å². The summed E-state index contributed by atoms with van der Waals surface area (Å²) in [7, 11) is 0. The molecule has 3 unspecified atom stereocenters. The van der Waals surface area contributed by atoms with Crippen LogP contribution in [0.5, 0.6) is 5.75 Å². The van der Waals surface area contributed by atoms with Gasteiger partial charge in [-0.1, -0.05) is 53.2 Å². The van der Waals surface area contributed by atoms with Gasteiger partial charge in [0.15, 0.2) is 11.4 Å². The van der Waals surface area contributed by atoms with Crippen molar-refractivity contribution in [2.45, 2.75) is 92.6 Å². The highest BCUT2D eigenvalue weighted by molar-refractivity contribution is 6.33. The second-order valence-corrected chi connectivity index (χ2v) is 13.2. The van der Waals surface area contributed by atoms with Crippen molar-refractivity contribution in [2.24, 2.45) is 16.7 Å². The van der Waals surface area contributed by atoms with Crippen LogP contribution in [0.4, 0.5) is 0 Å². The van der Waals surface area contributed by atoms with Crippen molar-refractivity contribution in [3.63, 3.8) is 0 Å². The molecule has 3 aliphatic rings. The number of allylic oxidation sites excluding steroid dienone is 1. The van der Waals surface area contributed by atoms with Gasteiger partial charge in [0.1, 0.15) is 11.5 Å². The Morgan fingerprint density at radius 1 is 1.05 bits per heavy atom. The molecule has 1 aromatic carbocycles. The number of rotatable bonds is 6. The van der Waals surface area contributed by atoms with Crippen LogP contribution >= 0.6 is 0 Å². The Labute approximate surface area is 235 Å². The number of aliphatic hydroxyl groups is 2. The summed E-state index contributed by atoms with van der Waals surface area (Å²) in [6, 6.07) is 1.76. The molecule has 3 N–H and O–H groups in total. The molecule has 0 heterocycles. The summed E-state index contributed by atoms with van der Waals surface area (Å²) in [4.78, 5) is 52.7. The molecule has 0 aromatic heterocycles. The van der Waals surface area contributed by atoms with Crippen molar-refractivity contribution < 1.29 is 39.2 Å². The molecule has 0 spiro atoms. The van der Waals surface area contributed by atoms with Crippen molar-refractivity contribution in [3.05, 3.63) is 45.0 Å². The van der Waals surface area contributed by atoms with E-state index in [-0.39, 0.29) is 72.1 Å². The molecule has 0 saturated heterocycles. The van der Waals surface area contributed by atoms with Gasteiger partial charge >= 0.3 is 5.97 Å². The topological polar surface area (TPSA) is 138 Å². The minimum Gasteiger partial charge on any atom is -0.507 e. The number of ether oxygens (including phenoxy) is 1. The number of carbonyl (C=O) groups is 4. The van der Waals surface area contributed by atoms with Gasteiger partial charge in [-0.05, 0) is 56.1 Å². The molecule has 0 bridgehead atoms. The highest BCUT2D eigenvalue weighted by Crippen LogP contribution is 2.62. The molecule has 8 nitrogen and oxygen atoms in total. The van der Waals surface area contributed by atoms with E-state index in [2.05, 4.69) is 0 Å². The summed E-state index contributed by atoms with van der Waals surface area (Å²) in [6.07, 6.45) is 0.406. The van der Waals surface area contributed by atoms with Gasteiger partial charge in [-0.3, -0.25) is 19.2 Å². The fourth-order valence-corrected chi connectivity index (χ4v) is 7.29. The molecule has 216 valence electrons. The van der Waals surface area contributed by atoms with E-state index in [9.17, 15) is 34.5 Å². The zero-order valence-corrected chi connectivity index (χ0v) is 24.7. The predicted octanol–water partition coefficient (Wildman–Crippen LogP) is 4.68. The number of carbonyl (C=O) groups excluding carboxylic acids is 4. The first-order chi connectivity index (χ1) is 18.4. The highest BCUT2D eigenvalue weighted by atomic mass is 16.5. The second kappa shape index (κ2) is 9.68. The van der Waals surface area contributed by atoms with E-state index >= 15 is 0 Å². The van der Waals surface area contributed by atoms with Crippen molar-refractivity contribution in [2.75, 3.05) is 6.61 Å². The number of benzene rings is 1. The maximum absolute atomic E-state index is 14.2. The van der Waals surface area contributed by atoms with E-state index < -0.39 is 45.5 Å². The first-order valence-corrected chi connectivity index (χ1v) is 13.9. The number of hydrogen-bond donors (Lipinski definition) is 3. The monoisotopic (exact) mass is 552 g/mol. The Hall–Kier alpha value is -3.26. The average Bonchev–Trinajstić information content (AvgIpc) is 2.81. The summed E-state index contributed by atoms with van der Waals surface area (Å²) >= 11 is 0. The summed E-state index contributed by atoms with van der Waals surface area (Å²) in [5.74, 6) is -3.70. The molecule has 0 aliphatic heterocycles. The first-order valence-electron chi connectivity index (χ1n) is 13.9. The number of aliphatic hydroxyl groups excluding tert-OH is 1. The summed E-state index contributed by atoms with van der Waals surface area (Å²) in [5.41, 5.74) is -2.72. The van der Waals surface area contributed by atoms with Gasteiger partial charge in [0.2, 0.25) is 11.6 Å². The van der Waals surface area contributed by atoms with Gasteiger partial charge in [0, 0.05) is 22.0 Å². The summed E-state index contributed by atoms with van der Waals surface area (Å²) < 4.78 is 5.30. The highest BCUT2D eigenvalue weighted by Gasteiger charge is 2.69. The molecule has 1 aromatic rings. The Balaban J connectivity index is 1.93. The van der Waals surface area contributed by atoms with Crippen LogP contribution in [0.3, 0.4) is 0 Å².